The molecule has 2 amide bonds. The van der Waals surface area contributed by atoms with Crippen LogP contribution in [0, 0.1) is 23.1 Å². The van der Waals surface area contributed by atoms with Crippen LogP contribution in [0.15, 0.2) is 30.5 Å². The Balaban J connectivity index is 1.66. The van der Waals surface area contributed by atoms with Crippen molar-refractivity contribution in [2.24, 2.45) is 11.7 Å². The van der Waals surface area contributed by atoms with Crippen molar-refractivity contribution in [1.29, 1.82) is 5.26 Å². The summed E-state index contributed by atoms with van der Waals surface area (Å²) in [6.45, 7) is 5.23. The Bertz CT molecular complexity index is 1380. The van der Waals surface area contributed by atoms with Crippen molar-refractivity contribution in [2.75, 3.05) is 11.9 Å². The number of rotatable bonds is 15. The Hall–Kier alpha value is -4.41. The van der Waals surface area contributed by atoms with Gasteiger partial charge in [0.25, 0.3) is 6.29 Å². The van der Waals surface area contributed by atoms with Gasteiger partial charge in [0.05, 0.1) is 17.7 Å². The molecule has 0 aliphatic heterocycles. The lowest BCUT2D eigenvalue weighted by atomic mass is 9.99. The number of nitrogens with one attached hydrogen (secondary N) is 2. The lowest BCUT2D eigenvalue weighted by molar-refractivity contribution is -0.148. The average Bonchev–Trinajstić information content (AvgIpc) is 3.75. The Morgan fingerprint density at radius 2 is 1.98 bits per heavy atom. The van der Waals surface area contributed by atoms with Crippen molar-refractivity contribution in [3.05, 3.63) is 53.0 Å². The number of nitrogens with two attached hydrogens (primary N) is 1. The van der Waals surface area contributed by atoms with Gasteiger partial charge < -0.3 is 25.6 Å². The zero-order valence-electron chi connectivity index (χ0n) is 24.3. The molecule has 12 nitrogen and oxygen atoms in total. The number of nitriles is 1. The highest BCUT2D eigenvalue weighted by Gasteiger charge is 2.44. The summed E-state index contributed by atoms with van der Waals surface area (Å²) < 4.78 is 25.8. The van der Waals surface area contributed by atoms with Gasteiger partial charge in [-0.3, -0.25) is 19.7 Å². The van der Waals surface area contributed by atoms with Crippen LogP contribution in [0.2, 0.25) is 0 Å². The second-order valence-electron chi connectivity index (χ2n) is 10.3. The molecule has 2 aromatic rings. The van der Waals surface area contributed by atoms with Gasteiger partial charge in [0.15, 0.2) is 5.78 Å². The van der Waals surface area contributed by atoms with Gasteiger partial charge in [0.2, 0.25) is 5.78 Å². The molecule has 43 heavy (non-hydrogen) atoms. The molecule has 5 N–H and O–H groups in total. The van der Waals surface area contributed by atoms with Crippen LogP contribution in [-0.4, -0.2) is 58.6 Å². The van der Waals surface area contributed by atoms with Crippen molar-refractivity contribution < 1.29 is 38.1 Å². The first-order valence-corrected chi connectivity index (χ1v) is 14.1. The molecule has 0 saturated heterocycles. The molecule has 1 aromatic heterocycles. The normalized spacial score (nSPS) is 17.5. The van der Waals surface area contributed by atoms with E-state index in [4.69, 9.17) is 20.5 Å². The number of carbonyl (C=O) groups excluding carboxylic acids is 4. The van der Waals surface area contributed by atoms with Crippen LogP contribution in [0.25, 0.3) is 0 Å². The van der Waals surface area contributed by atoms with Gasteiger partial charge in [0.1, 0.15) is 29.5 Å². The summed E-state index contributed by atoms with van der Waals surface area (Å²) in [5.41, 5.74) is 6.11. The number of anilines is 1. The Labute approximate surface area is 248 Å². The van der Waals surface area contributed by atoms with Crippen LogP contribution in [0.1, 0.15) is 80.3 Å². The van der Waals surface area contributed by atoms with E-state index in [9.17, 15) is 24.3 Å². The maximum Gasteiger partial charge on any atom is 0.323 e. The number of ketones is 2. The maximum absolute atomic E-state index is 15.2. The zero-order valence-corrected chi connectivity index (χ0v) is 24.3. The fraction of sp³-hybridized carbons (Fsp3) is 0.467. The summed E-state index contributed by atoms with van der Waals surface area (Å²) in [7, 11) is 0. The summed E-state index contributed by atoms with van der Waals surface area (Å²) in [6, 6.07) is 5.26. The van der Waals surface area contributed by atoms with Crippen molar-refractivity contribution in [3.8, 4) is 11.8 Å². The van der Waals surface area contributed by atoms with Crippen LogP contribution < -0.4 is 21.1 Å². The lowest BCUT2D eigenvalue weighted by Gasteiger charge is -2.19. The van der Waals surface area contributed by atoms with E-state index in [1.807, 2.05) is 19.9 Å². The summed E-state index contributed by atoms with van der Waals surface area (Å²) >= 11 is 0. The lowest BCUT2D eigenvalue weighted by Crippen LogP contribution is -2.38. The Morgan fingerprint density at radius 1 is 1.23 bits per heavy atom. The van der Waals surface area contributed by atoms with Crippen LogP contribution in [0.4, 0.5) is 15.0 Å². The molecule has 0 radical (unpaired) electrons. The van der Waals surface area contributed by atoms with E-state index in [2.05, 4.69) is 15.6 Å². The average molecular weight is 598 g/mol. The van der Waals surface area contributed by atoms with Gasteiger partial charge in [-0.25, -0.2) is 14.2 Å². The summed E-state index contributed by atoms with van der Waals surface area (Å²) in [6.07, 6.45) is 0.218. The molecule has 1 aliphatic rings. The highest BCUT2D eigenvalue weighted by molar-refractivity contribution is 5.99. The number of halogens is 1. The highest BCUT2D eigenvalue weighted by atomic mass is 19.1. The monoisotopic (exact) mass is 597 g/mol. The number of aliphatic hydroxyl groups excluding tert-OH is 1. The smallest absolute Gasteiger partial charge is 0.323 e. The number of benzene rings is 1. The van der Waals surface area contributed by atoms with E-state index < -0.39 is 53.7 Å². The molecule has 3 rings (SSSR count). The second-order valence-corrected chi connectivity index (χ2v) is 10.3. The van der Waals surface area contributed by atoms with Crippen LogP contribution in [0.5, 0.6) is 5.75 Å². The fourth-order valence-electron chi connectivity index (χ4n) is 4.29. The SMILES string of the molecule is CCC(=O)c1ccc(F)c(C2CC2NC(=O)Nc2ccc(C#N)cn2)c1OC(O)C(=O)CCCOC(=O)[C@@H](N)[C@@H](C)CC. The number of aliphatic hydroxyl groups is 1. The van der Waals surface area contributed by atoms with Gasteiger partial charge >= 0.3 is 12.0 Å². The van der Waals surface area contributed by atoms with Crippen LogP contribution in [-0.2, 0) is 14.3 Å². The fourth-order valence-corrected chi connectivity index (χ4v) is 4.29. The maximum atomic E-state index is 15.2. The molecule has 3 unspecified atom stereocenters. The van der Waals surface area contributed by atoms with Gasteiger partial charge in [0, 0.05) is 36.6 Å². The first-order valence-electron chi connectivity index (χ1n) is 14.1. The third kappa shape index (κ3) is 8.79. The van der Waals surface area contributed by atoms with Gasteiger partial charge in [-0.2, -0.15) is 5.26 Å². The van der Waals surface area contributed by atoms with Crippen molar-refractivity contribution in [2.45, 2.75) is 77.2 Å². The number of aromatic nitrogens is 1. The van der Waals surface area contributed by atoms with Crippen molar-refractivity contribution in [1.82, 2.24) is 10.3 Å². The molecule has 1 aromatic carbocycles. The number of esters is 1. The van der Waals surface area contributed by atoms with Gasteiger partial charge in [-0.05, 0) is 43.0 Å². The molecule has 13 heteroatoms. The minimum absolute atomic E-state index is 0.00408. The van der Waals surface area contributed by atoms with Crippen molar-refractivity contribution in [3.63, 3.8) is 0 Å². The number of hydrogen-bond acceptors (Lipinski definition) is 10. The summed E-state index contributed by atoms with van der Waals surface area (Å²) in [4.78, 5) is 53.8. The van der Waals surface area contributed by atoms with E-state index in [0.717, 1.165) is 6.07 Å². The molecule has 1 aliphatic carbocycles. The summed E-state index contributed by atoms with van der Waals surface area (Å²) in [5, 5.41) is 24.6. The number of carbonyl (C=O) groups is 4. The van der Waals surface area contributed by atoms with E-state index in [1.165, 1.54) is 24.4 Å². The first kappa shape index (κ1) is 33.1. The third-order valence-corrected chi connectivity index (χ3v) is 7.22. The number of ether oxygens (including phenoxy) is 2. The molecular formula is C30H36FN5O7. The third-order valence-electron chi connectivity index (χ3n) is 7.22. The highest BCUT2D eigenvalue weighted by Crippen LogP contribution is 2.47. The number of Topliss-reactive ketones (excluding diaryl/α,β-unsaturated/α-hetero) is 2. The molecule has 5 atom stereocenters. The van der Waals surface area contributed by atoms with E-state index in [1.54, 1.807) is 6.92 Å². The molecule has 0 spiro atoms. The predicted octanol–water partition coefficient (Wildman–Crippen LogP) is 3.33. The van der Waals surface area contributed by atoms with Gasteiger partial charge in [-0.1, -0.05) is 27.2 Å². The van der Waals surface area contributed by atoms with E-state index in [0.29, 0.717) is 18.4 Å². The van der Waals surface area contributed by atoms with Gasteiger partial charge in [-0.15, -0.1) is 0 Å². The minimum atomic E-state index is -2.02. The first-order chi connectivity index (χ1) is 20.5. The molecule has 230 valence electrons. The Kier molecular flexibility index (Phi) is 11.7. The molecule has 1 fully saturated rings. The number of nitrogens with zero attached hydrogens (tertiary/aromatic N) is 2. The van der Waals surface area contributed by atoms with Crippen LogP contribution in [0.3, 0.4) is 0 Å². The topological polar surface area (TPSA) is 194 Å². The zero-order chi connectivity index (χ0) is 31.7. The second kappa shape index (κ2) is 15.2. The van der Waals surface area contributed by atoms with E-state index >= 15 is 4.39 Å². The van der Waals surface area contributed by atoms with E-state index in [-0.39, 0.29) is 54.5 Å². The molecule has 0 bridgehead atoms. The number of amides is 2. The van der Waals surface area contributed by atoms with Crippen LogP contribution >= 0.6 is 0 Å². The Morgan fingerprint density at radius 3 is 2.60 bits per heavy atom. The predicted molar refractivity (Wildman–Crippen MR) is 153 cm³/mol. The number of urea groups is 1. The number of hydrogen-bond donors (Lipinski definition) is 4. The molecule has 1 heterocycles. The number of pyridine rings is 1. The standard InChI is InChI=1S/C30H36FN5O7/c1-4-16(3)26(33)29(40)42-12-6-7-23(38)28(39)43-27-18(22(37)5-2)9-10-20(31)25(27)19-13-21(19)35-30(41)36-24-11-8-17(14-32)15-34-24/h8-11,15-16,19,21,26,28,39H,4-7,12-13,33H2,1-3H3,(H2,34,35,36,41)/t16-,19?,21?,26-,28?/m0/s1. The molecule has 1 saturated carbocycles. The summed E-state index contributed by atoms with van der Waals surface area (Å²) in [5.74, 6) is -3.19. The quantitative estimate of drug-likeness (QED) is 0.102. The van der Waals surface area contributed by atoms with Crippen molar-refractivity contribution >= 4 is 29.4 Å². The minimum Gasteiger partial charge on any atom is -0.465 e. The molecular weight excluding hydrogens is 561 g/mol. The largest absolute Gasteiger partial charge is 0.465 e.